The first-order valence-corrected chi connectivity index (χ1v) is 11.9. The number of alkyl halides is 3. The third-order valence-electron chi connectivity index (χ3n) is 5.56. The number of carbonyl (C=O) groups is 1. The number of ether oxygens (including phenoxy) is 2. The second-order valence-corrected chi connectivity index (χ2v) is 8.72. The Kier molecular flexibility index (Phi) is 9.03. The van der Waals surface area contributed by atoms with Gasteiger partial charge in [0, 0.05) is 28.5 Å². The van der Waals surface area contributed by atoms with E-state index in [9.17, 15) is 18.0 Å². The molecule has 0 radical (unpaired) electrons. The molecule has 8 heteroatoms. The summed E-state index contributed by atoms with van der Waals surface area (Å²) in [5.74, 6) is -0.506. The van der Waals surface area contributed by atoms with Gasteiger partial charge in [0.25, 0.3) is 0 Å². The summed E-state index contributed by atoms with van der Waals surface area (Å²) in [6.45, 7) is 6.05. The minimum Gasteiger partial charge on any atom is -0.462 e. The molecule has 1 atom stereocenters. The van der Waals surface area contributed by atoms with Gasteiger partial charge in [-0.2, -0.15) is 13.2 Å². The molecule has 0 fully saturated rings. The summed E-state index contributed by atoms with van der Waals surface area (Å²) in [6, 6.07) is 15.8. The first-order valence-electron chi connectivity index (χ1n) is 11.5. The number of hydrogen-bond acceptors (Lipinski definition) is 3. The van der Waals surface area contributed by atoms with E-state index in [0.29, 0.717) is 42.1 Å². The van der Waals surface area contributed by atoms with Crippen LogP contribution in [0.1, 0.15) is 53.6 Å². The molecule has 3 rings (SSSR count). The molecule has 0 aliphatic rings. The number of halogens is 4. The van der Waals surface area contributed by atoms with E-state index in [-0.39, 0.29) is 23.3 Å². The zero-order chi connectivity index (χ0) is 25.6. The summed E-state index contributed by atoms with van der Waals surface area (Å²) >= 11 is 6.06. The average Bonchev–Trinajstić information content (AvgIpc) is 3.15. The molecule has 0 bridgehead atoms. The maximum Gasteiger partial charge on any atom is 0.393 e. The highest BCUT2D eigenvalue weighted by atomic mass is 35.5. The van der Waals surface area contributed by atoms with Crippen LogP contribution in [0.5, 0.6) is 0 Å². The lowest BCUT2D eigenvalue weighted by Crippen LogP contribution is -2.18. The van der Waals surface area contributed by atoms with Crippen molar-refractivity contribution in [1.82, 2.24) is 4.57 Å². The highest BCUT2D eigenvalue weighted by Crippen LogP contribution is 2.32. The average molecular weight is 508 g/mol. The van der Waals surface area contributed by atoms with E-state index < -0.39 is 18.6 Å². The Balaban J connectivity index is 2.05. The fourth-order valence-corrected chi connectivity index (χ4v) is 4.28. The van der Waals surface area contributed by atoms with Crippen LogP contribution in [0.4, 0.5) is 13.2 Å². The number of benzene rings is 2. The van der Waals surface area contributed by atoms with Gasteiger partial charge in [-0.3, -0.25) is 0 Å². The zero-order valence-corrected chi connectivity index (χ0v) is 20.7. The van der Waals surface area contributed by atoms with Gasteiger partial charge >= 0.3 is 12.1 Å². The minimum absolute atomic E-state index is 0.0322. The number of esters is 1. The van der Waals surface area contributed by atoms with Crippen molar-refractivity contribution in [3.05, 3.63) is 87.7 Å². The van der Waals surface area contributed by atoms with Crippen molar-refractivity contribution >= 4 is 17.6 Å². The molecule has 35 heavy (non-hydrogen) atoms. The smallest absolute Gasteiger partial charge is 0.393 e. The maximum atomic E-state index is 13.4. The van der Waals surface area contributed by atoms with Gasteiger partial charge in [-0.15, -0.1) is 0 Å². The van der Waals surface area contributed by atoms with Crippen molar-refractivity contribution in [2.45, 2.75) is 58.9 Å². The van der Waals surface area contributed by atoms with Crippen LogP contribution < -0.4 is 0 Å². The number of rotatable bonds is 10. The van der Waals surface area contributed by atoms with Gasteiger partial charge in [-0.1, -0.05) is 48.9 Å². The minimum atomic E-state index is -4.42. The Hall–Kier alpha value is -2.77. The Labute approximate surface area is 208 Å². The summed E-state index contributed by atoms with van der Waals surface area (Å²) in [4.78, 5) is 12.7. The van der Waals surface area contributed by atoms with Crippen LogP contribution in [-0.2, 0) is 35.3 Å². The molecule has 188 valence electrons. The fraction of sp³-hybridized carbons (Fsp3) is 0.370. The largest absolute Gasteiger partial charge is 0.462 e. The molecule has 3 aromatic rings. The molecule has 0 aliphatic heterocycles. The highest BCUT2D eigenvalue weighted by Gasteiger charge is 2.31. The topological polar surface area (TPSA) is 40.5 Å². The van der Waals surface area contributed by atoms with E-state index in [1.165, 1.54) is 6.07 Å². The van der Waals surface area contributed by atoms with Crippen molar-refractivity contribution in [3.63, 3.8) is 0 Å². The van der Waals surface area contributed by atoms with Crippen LogP contribution in [0, 0.1) is 0 Å². The van der Waals surface area contributed by atoms with Gasteiger partial charge in [-0.05, 0) is 55.7 Å². The van der Waals surface area contributed by atoms with Gasteiger partial charge in [0.1, 0.15) is 0 Å². The lowest BCUT2D eigenvalue weighted by atomic mass is 10.1. The van der Waals surface area contributed by atoms with E-state index in [4.69, 9.17) is 21.1 Å². The highest BCUT2D eigenvalue weighted by molar-refractivity contribution is 6.30. The van der Waals surface area contributed by atoms with Gasteiger partial charge in [-0.25, -0.2) is 4.79 Å². The summed E-state index contributed by atoms with van der Waals surface area (Å²) in [5.41, 5.74) is 2.97. The van der Waals surface area contributed by atoms with Gasteiger partial charge in [0.2, 0.25) is 0 Å². The molecule has 0 N–H and O–H groups in total. The molecule has 4 nitrogen and oxygen atoms in total. The monoisotopic (exact) mass is 507 g/mol. The first-order chi connectivity index (χ1) is 16.6. The molecular formula is C27H29ClF3NO3. The van der Waals surface area contributed by atoms with Crippen molar-refractivity contribution in [1.29, 1.82) is 0 Å². The molecule has 0 aliphatic carbocycles. The van der Waals surface area contributed by atoms with Crippen molar-refractivity contribution < 1.29 is 27.4 Å². The SMILES string of the molecule is CCOC(=O)c1cc(C[C@H](C)OCc2ccccc2)n(-c2ccc(Cl)cc2CC(F)(F)F)c1CC. The van der Waals surface area contributed by atoms with Crippen molar-refractivity contribution in [3.8, 4) is 5.69 Å². The van der Waals surface area contributed by atoms with Crippen LogP contribution in [0.3, 0.4) is 0 Å². The van der Waals surface area contributed by atoms with Gasteiger partial charge in [0.15, 0.2) is 0 Å². The lowest BCUT2D eigenvalue weighted by molar-refractivity contribution is -0.127. The molecule has 0 saturated heterocycles. The fourth-order valence-electron chi connectivity index (χ4n) is 4.09. The number of carbonyl (C=O) groups excluding carboxylic acids is 1. The first kappa shape index (κ1) is 26.8. The summed E-state index contributed by atoms with van der Waals surface area (Å²) in [5, 5.41) is 0.213. The molecule has 0 amide bonds. The predicted molar refractivity (Wildman–Crippen MR) is 130 cm³/mol. The van der Waals surface area contributed by atoms with Crippen molar-refractivity contribution in [2.24, 2.45) is 0 Å². The lowest BCUT2D eigenvalue weighted by Gasteiger charge is -2.20. The summed E-state index contributed by atoms with van der Waals surface area (Å²) in [6.07, 6.45) is -5.02. The molecule has 0 unspecified atom stereocenters. The summed E-state index contributed by atoms with van der Waals surface area (Å²) < 4.78 is 53.2. The van der Waals surface area contributed by atoms with Crippen LogP contribution in [-0.4, -0.2) is 29.4 Å². The number of nitrogens with zero attached hydrogens (tertiary/aromatic N) is 1. The Morgan fingerprint density at radius 3 is 2.43 bits per heavy atom. The molecule has 1 heterocycles. The van der Waals surface area contributed by atoms with Crippen LogP contribution >= 0.6 is 11.6 Å². The quantitative estimate of drug-likeness (QED) is 0.274. The van der Waals surface area contributed by atoms with E-state index in [0.717, 1.165) is 5.56 Å². The normalized spacial score (nSPS) is 12.5. The van der Waals surface area contributed by atoms with Crippen LogP contribution in [0.15, 0.2) is 54.6 Å². The maximum absolute atomic E-state index is 13.4. The number of aromatic nitrogens is 1. The summed E-state index contributed by atoms with van der Waals surface area (Å²) in [7, 11) is 0. The third-order valence-corrected chi connectivity index (χ3v) is 5.79. The Bertz CT molecular complexity index is 1140. The number of hydrogen-bond donors (Lipinski definition) is 0. The second kappa shape index (κ2) is 11.8. The molecule has 0 spiro atoms. The Morgan fingerprint density at radius 2 is 1.80 bits per heavy atom. The molecule has 0 saturated carbocycles. The van der Waals surface area contributed by atoms with E-state index in [1.54, 1.807) is 29.7 Å². The van der Waals surface area contributed by atoms with Gasteiger partial charge in [0.05, 0.1) is 31.3 Å². The van der Waals surface area contributed by atoms with E-state index >= 15 is 0 Å². The van der Waals surface area contributed by atoms with Gasteiger partial charge < -0.3 is 14.0 Å². The van der Waals surface area contributed by atoms with Crippen LogP contribution in [0.2, 0.25) is 5.02 Å². The van der Waals surface area contributed by atoms with Crippen LogP contribution in [0.25, 0.3) is 5.69 Å². The van der Waals surface area contributed by atoms with Crippen molar-refractivity contribution in [2.75, 3.05) is 6.61 Å². The molecular weight excluding hydrogens is 479 g/mol. The van der Waals surface area contributed by atoms with E-state index in [1.807, 2.05) is 44.2 Å². The third kappa shape index (κ3) is 7.12. The second-order valence-electron chi connectivity index (χ2n) is 8.28. The Morgan fingerprint density at radius 1 is 1.09 bits per heavy atom. The zero-order valence-electron chi connectivity index (χ0n) is 20.0. The molecule has 1 aromatic heterocycles. The molecule has 2 aromatic carbocycles. The van der Waals surface area contributed by atoms with E-state index in [2.05, 4.69) is 0 Å². The standard InChI is InChI=1S/C27H29ClF3NO3/c1-4-24-23(26(33)34-5-2)15-22(13-18(3)35-17-19-9-7-6-8-10-19)32(24)25-12-11-21(28)14-20(25)16-27(29,30)31/h6-12,14-15,18H,4-5,13,16-17H2,1-3H3/t18-/m0/s1. The predicted octanol–water partition coefficient (Wildman–Crippen LogP) is 7.12.